The van der Waals surface area contributed by atoms with E-state index in [1.54, 1.807) is 0 Å². The molecule has 25 aromatic rings. The molecule has 1 aliphatic carbocycles. The first kappa shape index (κ1) is 78.2. The van der Waals surface area contributed by atoms with Gasteiger partial charge in [-0.15, -0.1) is 0 Å². The Hall–Kier alpha value is -16.9. The Balaban J connectivity index is 0.632. The van der Waals surface area contributed by atoms with E-state index in [0.717, 1.165) is 135 Å². The summed E-state index contributed by atoms with van der Waals surface area (Å²) in [4.78, 5) is 10.1. The first-order valence-corrected chi connectivity index (χ1v) is 46.7. The molecule has 0 N–H and O–H groups in total. The fourth-order valence-corrected chi connectivity index (χ4v) is 22.9. The predicted octanol–water partition coefficient (Wildman–Crippen LogP) is 36.9. The maximum Gasteiger partial charge on any atom is 0.159 e. The van der Waals surface area contributed by atoms with E-state index < -0.39 is 0 Å². The molecule has 0 saturated heterocycles. The van der Waals surface area contributed by atoms with Crippen molar-refractivity contribution in [1.29, 1.82) is 0 Å². The van der Waals surface area contributed by atoms with Crippen LogP contribution in [0.3, 0.4) is 0 Å². The molecule has 0 aliphatic heterocycles. The van der Waals surface area contributed by atoms with E-state index in [1.165, 1.54) is 141 Å². The molecule has 0 amide bonds. The Bertz CT molecular complexity index is 9030. The van der Waals surface area contributed by atoms with Crippen molar-refractivity contribution in [2.24, 2.45) is 0 Å². The molecule has 0 atom stereocenters. The van der Waals surface area contributed by atoms with Gasteiger partial charge in [-0.1, -0.05) is 323 Å². The Morgan fingerprint density at radius 1 is 0.187 bits per heavy atom. The van der Waals surface area contributed by atoms with Gasteiger partial charge in [0.1, 0.15) is 5.58 Å². The number of benzene rings is 24. The number of hydrogen-bond donors (Lipinski definition) is 0. The summed E-state index contributed by atoms with van der Waals surface area (Å²) in [5.41, 5.74) is 33.4. The average molecular weight is 1710 g/mol. The van der Waals surface area contributed by atoms with Crippen LogP contribution in [0.15, 0.2) is 441 Å². The van der Waals surface area contributed by atoms with Crippen molar-refractivity contribution in [2.75, 3.05) is 19.6 Å². The zero-order valence-electron chi connectivity index (χ0n) is 75.3. The molecule has 134 heavy (non-hydrogen) atoms. The van der Waals surface area contributed by atoms with E-state index in [0.29, 0.717) is 0 Å². The second-order valence-corrected chi connectivity index (χ2v) is 37.1. The normalized spacial score (nSPS) is 12.5. The fourth-order valence-electron chi connectivity index (χ4n) is 22.9. The van der Waals surface area contributed by atoms with Crippen molar-refractivity contribution in [1.82, 2.24) is 0 Å². The highest BCUT2D eigenvalue weighted by Crippen LogP contribution is 2.59. The Morgan fingerprint density at radius 2 is 0.552 bits per heavy atom. The third-order valence-electron chi connectivity index (χ3n) is 29.1. The lowest BCUT2D eigenvalue weighted by atomic mass is 9.82. The molecule has 26 rings (SSSR count). The van der Waals surface area contributed by atoms with E-state index in [-0.39, 0.29) is 5.41 Å². The summed E-state index contributed by atoms with van der Waals surface area (Å²) in [6.07, 6.45) is 0. The maximum atomic E-state index is 7.13. The molecule has 1 heterocycles. The van der Waals surface area contributed by atoms with Gasteiger partial charge >= 0.3 is 0 Å². The van der Waals surface area contributed by atoms with Gasteiger partial charge in [-0.2, -0.15) is 0 Å². The molecule has 0 fully saturated rings. The third kappa shape index (κ3) is 12.2. The second kappa shape index (κ2) is 30.6. The summed E-state index contributed by atoms with van der Waals surface area (Å²) in [5.74, 6) is 0. The van der Waals surface area contributed by atoms with Crippen LogP contribution in [0, 0.1) is 27.7 Å². The van der Waals surface area contributed by atoms with Crippen LogP contribution < -0.4 is 19.6 Å². The zero-order valence-corrected chi connectivity index (χ0v) is 75.3. The topological polar surface area (TPSA) is 26.1 Å². The lowest BCUT2D eigenvalue weighted by molar-refractivity contribution is 0.660. The summed E-state index contributed by atoms with van der Waals surface area (Å²) in [6, 6.07) is 163. The van der Waals surface area contributed by atoms with Gasteiger partial charge in [0.05, 0.1) is 28.4 Å². The molecule has 1 aliphatic rings. The average Bonchev–Trinajstić information content (AvgIpc) is 0.864. The van der Waals surface area contributed by atoms with Crippen molar-refractivity contribution in [3.05, 3.63) is 470 Å². The van der Waals surface area contributed by atoms with Gasteiger partial charge in [0.2, 0.25) is 0 Å². The van der Waals surface area contributed by atoms with E-state index >= 15 is 0 Å². The number of aryl methyl sites for hydroxylation is 4. The highest BCUT2D eigenvalue weighted by atomic mass is 16.3. The molecule has 24 aromatic carbocycles. The molecular weight excluding hydrogens is 1620 g/mol. The molecule has 5 heteroatoms. The van der Waals surface area contributed by atoms with Gasteiger partial charge in [-0.3, -0.25) is 0 Å². The third-order valence-corrected chi connectivity index (χ3v) is 29.1. The summed E-state index contributed by atoms with van der Waals surface area (Å²) in [6.45, 7) is 14.0. The van der Waals surface area contributed by atoms with Crippen LogP contribution in [0.5, 0.6) is 0 Å². The lowest BCUT2D eigenvalue weighted by Crippen LogP contribution is -2.17. The van der Waals surface area contributed by atoms with Gasteiger partial charge in [0.15, 0.2) is 5.58 Å². The zero-order chi connectivity index (χ0) is 89.3. The number of furan rings is 1. The largest absolute Gasteiger partial charge is 0.454 e. The fraction of sp³-hybridized carbons (Fsp3) is 0.0543. The molecule has 0 radical (unpaired) electrons. The summed E-state index contributed by atoms with van der Waals surface area (Å²) < 4.78 is 7.13. The molecule has 632 valence electrons. The van der Waals surface area contributed by atoms with E-state index in [1.807, 2.05) is 0 Å². The molecule has 0 saturated carbocycles. The van der Waals surface area contributed by atoms with Crippen LogP contribution in [-0.4, -0.2) is 0 Å². The monoisotopic (exact) mass is 1710 g/mol. The molecule has 0 spiro atoms. The SMILES string of the molecule is Cc1cc(N(c2ccccc2)c2ccccc2)c2c3ccccc3c3c(N(c4cc(-c5ccccc5)cc(-c5ccccc5-c5ccc(-c6ccc(N(c7cccc8c7oc7ccccc78)c7cc(C)c8ccc9c(C)cc(N(c%10ccccc%10)c%10ccc%11ccccc%11c%10)c%10c%11ccccc%11c7c8c9%10)cc6)cc5)c4)c4ccc5c(c4)C(C)(C)c4ccccc4-5)cc(C)c4ccc1c2c43. The smallest absolute Gasteiger partial charge is 0.159 e. The number of hydrogen-bond acceptors (Lipinski definition) is 5. The minimum atomic E-state index is -0.276. The molecule has 0 unspecified atom stereocenters. The maximum absolute atomic E-state index is 7.13. The Labute approximate surface area is 778 Å². The predicted molar refractivity (Wildman–Crippen MR) is 571 cm³/mol. The van der Waals surface area contributed by atoms with Crippen LogP contribution in [0.4, 0.5) is 68.2 Å². The van der Waals surface area contributed by atoms with Gasteiger partial charge in [0.25, 0.3) is 0 Å². The molecule has 0 bridgehead atoms. The minimum absolute atomic E-state index is 0.276. The van der Waals surface area contributed by atoms with Crippen molar-refractivity contribution in [2.45, 2.75) is 47.0 Å². The van der Waals surface area contributed by atoms with Gasteiger partial charge < -0.3 is 24.0 Å². The minimum Gasteiger partial charge on any atom is -0.454 e. The number of rotatable bonds is 16. The first-order chi connectivity index (χ1) is 65.9. The van der Waals surface area contributed by atoms with Crippen LogP contribution in [0.2, 0.25) is 0 Å². The van der Waals surface area contributed by atoms with Gasteiger partial charge in [-0.05, 0) is 298 Å². The standard InChI is InChI=1S/C129H90N4O/c1-79-70-115(130(91-36-13-8-14-37-91)92-38-15-9-16-39-92)120-107-46-23-24-47-108(107)122-117(72-81(3)100-67-66-98(79)124(120)126(100)122)132(96-64-65-105-104-44-27-29-51-112(104)129(5,6)113(105)78-96)97-76-89(83-32-11-7-12-33-83)74-90(77-97)103-43-22-21-42-102(103)87-56-54-85(55-57-87)86-58-61-94(62-59-86)133(114-52-31-50-111-106-45-28-30-53-119(106)134-128(111)114)118-73-82(4)101-69-68-99-80(2)71-116(121-109-48-25-26-49-110(109)123(118)127(101)125(99)121)131(93-40-17-10-18-41-93)95-63-60-84-34-19-20-35-88(84)75-95/h7-78H,1-6H3. The highest BCUT2D eigenvalue weighted by Gasteiger charge is 2.38. The van der Waals surface area contributed by atoms with Crippen LogP contribution >= 0.6 is 0 Å². The van der Waals surface area contributed by atoms with Crippen LogP contribution in [0.25, 0.3) is 175 Å². The van der Waals surface area contributed by atoms with E-state index in [2.05, 4.69) is 498 Å². The molecule has 1 aromatic heterocycles. The number of nitrogens with zero attached hydrogens (tertiary/aromatic N) is 4. The van der Waals surface area contributed by atoms with Crippen molar-refractivity contribution in [3.63, 3.8) is 0 Å². The summed E-state index contributed by atoms with van der Waals surface area (Å²) >= 11 is 0. The second-order valence-electron chi connectivity index (χ2n) is 37.1. The molecular formula is C129H90N4O. The Morgan fingerprint density at radius 3 is 1.09 bits per heavy atom. The number of anilines is 12. The number of fused-ring (bicyclic) bond motifs is 13. The van der Waals surface area contributed by atoms with Crippen molar-refractivity contribution in [3.8, 4) is 55.6 Å². The summed E-state index contributed by atoms with van der Waals surface area (Å²) in [5, 5.41) is 24.1. The Kier molecular flexibility index (Phi) is 17.9. The van der Waals surface area contributed by atoms with Crippen LogP contribution in [0.1, 0.15) is 47.2 Å². The van der Waals surface area contributed by atoms with Crippen LogP contribution in [-0.2, 0) is 5.41 Å². The molecule has 5 nitrogen and oxygen atoms in total. The highest BCUT2D eigenvalue weighted by molar-refractivity contribution is 6.41. The quantitative estimate of drug-likeness (QED) is 0.0710. The van der Waals surface area contributed by atoms with Gasteiger partial charge in [0, 0.05) is 99.1 Å². The van der Waals surface area contributed by atoms with Crippen molar-refractivity contribution < 1.29 is 4.42 Å². The van der Waals surface area contributed by atoms with E-state index in [4.69, 9.17) is 4.42 Å². The first-order valence-electron chi connectivity index (χ1n) is 46.7. The number of para-hydroxylation sites is 5. The lowest BCUT2D eigenvalue weighted by Gasteiger charge is -2.32. The van der Waals surface area contributed by atoms with Crippen molar-refractivity contribution >= 4 is 187 Å². The van der Waals surface area contributed by atoms with Gasteiger partial charge in [-0.25, -0.2) is 0 Å². The summed E-state index contributed by atoms with van der Waals surface area (Å²) in [7, 11) is 0. The van der Waals surface area contributed by atoms with E-state index in [9.17, 15) is 0 Å².